The van der Waals surface area contributed by atoms with Gasteiger partial charge < -0.3 is 10.6 Å². The van der Waals surface area contributed by atoms with Crippen LogP contribution in [-0.4, -0.2) is 19.6 Å². The third-order valence-electron chi connectivity index (χ3n) is 4.37. The van der Waals surface area contributed by atoms with Gasteiger partial charge in [-0.15, -0.1) is 0 Å². The van der Waals surface area contributed by atoms with Crippen LogP contribution in [0.15, 0.2) is 48.5 Å². The lowest BCUT2D eigenvalue weighted by Crippen LogP contribution is -2.42. The Kier molecular flexibility index (Phi) is 5.03. The molecule has 0 aliphatic rings. The van der Waals surface area contributed by atoms with Gasteiger partial charge in [-0.1, -0.05) is 55.0 Å². The average molecular weight is 282 g/mol. The van der Waals surface area contributed by atoms with Gasteiger partial charge in [0.1, 0.15) is 0 Å². The molecule has 0 aliphatic carbocycles. The zero-order chi connectivity index (χ0) is 15.4. The molecule has 0 spiro atoms. The van der Waals surface area contributed by atoms with Gasteiger partial charge in [0, 0.05) is 31.2 Å². The zero-order valence-electron chi connectivity index (χ0n) is 13.5. The Balaban J connectivity index is 2.28. The number of benzene rings is 2. The Hall–Kier alpha value is -1.80. The SMILES string of the molecule is Cc1ccc(N(C)C(CN)C(C)c2ccccc2)c(C)c1. The fraction of sp³-hybridized carbons (Fsp3) is 0.368. The Labute approximate surface area is 128 Å². The maximum atomic E-state index is 6.09. The van der Waals surface area contributed by atoms with E-state index in [2.05, 4.69) is 81.2 Å². The van der Waals surface area contributed by atoms with E-state index in [1.807, 2.05) is 0 Å². The minimum Gasteiger partial charge on any atom is -0.370 e. The molecule has 2 aromatic carbocycles. The molecule has 0 aliphatic heterocycles. The second-order valence-electron chi connectivity index (χ2n) is 5.90. The van der Waals surface area contributed by atoms with E-state index in [-0.39, 0.29) is 6.04 Å². The second-order valence-corrected chi connectivity index (χ2v) is 5.90. The highest BCUT2D eigenvalue weighted by Gasteiger charge is 2.23. The fourth-order valence-electron chi connectivity index (χ4n) is 3.06. The van der Waals surface area contributed by atoms with E-state index in [0.29, 0.717) is 12.5 Å². The number of nitrogens with zero attached hydrogens (tertiary/aromatic N) is 1. The zero-order valence-corrected chi connectivity index (χ0v) is 13.5. The lowest BCUT2D eigenvalue weighted by Gasteiger charge is -2.35. The predicted octanol–water partition coefficient (Wildman–Crippen LogP) is 3.87. The van der Waals surface area contributed by atoms with E-state index >= 15 is 0 Å². The molecular weight excluding hydrogens is 256 g/mol. The van der Waals surface area contributed by atoms with Crippen molar-refractivity contribution >= 4 is 5.69 Å². The summed E-state index contributed by atoms with van der Waals surface area (Å²) in [6, 6.07) is 17.5. The van der Waals surface area contributed by atoms with Crippen LogP contribution >= 0.6 is 0 Å². The highest BCUT2D eigenvalue weighted by atomic mass is 15.1. The van der Waals surface area contributed by atoms with Gasteiger partial charge in [-0.2, -0.15) is 0 Å². The number of anilines is 1. The molecule has 0 aromatic heterocycles. The van der Waals surface area contributed by atoms with E-state index in [0.717, 1.165) is 0 Å². The van der Waals surface area contributed by atoms with Gasteiger partial charge in [0.05, 0.1) is 0 Å². The molecule has 2 heteroatoms. The summed E-state index contributed by atoms with van der Waals surface area (Å²) in [5, 5.41) is 0. The molecule has 0 fully saturated rings. The monoisotopic (exact) mass is 282 g/mol. The van der Waals surface area contributed by atoms with Gasteiger partial charge in [-0.05, 0) is 31.0 Å². The van der Waals surface area contributed by atoms with Gasteiger partial charge in [-0.3, -0.25) is 0 Å². The molecule has 0 heterocycles. The van der Waals surface area contributed by atoms with Gasteiger partial charge >= 0.3 is 0 Å². The van der Waals surface area contributed by atoms with E-state index in [1.54, 1.807) is 0 Å². The van der Waals surface area contributed by atoms with Crippen molar-refractivity contribution in [1.29, 1.82) is 0 Å². The van der Waals surface area contributed by atoms with Gasteiger partial charge in [0.25, 0.3) is 0 Å². The van der Waals surface area contributed by atoms with Crippen molar-refractivity contribution in [2.24, 2.45) is 5.73 Å². The van der Waals surface area contributed by atoms with Crippen LogP contribution < -0.4 is 10.6 Å². The summed E-state index contributed by atoms with van der Waals surface area (Å²) in [6.07, 6.45) is 0. The van der Waals surface area contributed by atoms with Crippen molar-refractivity contribution in [3.63, 3.8) is 0 Å². The van der Waals surface area contributed by atoms with Crippen LogP contribution in [0, 0.1) is 13.8 Å². The molecule has 0 saturated heterocycles. The number of likely N-dealkylation sites (N-methyl/N-ethyl adjacent to an activating group) is 1. The molecule has 2 N–H and O–H groups in total. The van der Waals surface area contributed by atoms with Crippen LogP contribution in [-0.2, 0) is 0 Å². The van der Waals surface area contributed by atoms with Crippen LogP contribution in [0.25, 0.3) is 0 Å². The summed E-state index contributed by atoms with van der Waals surface area (Å²) in [6.45, 7) is 7.19. The molecule has 2 atom stereocenters. The Bertz CT molecular complexity index is 577. The lowest BCUT2D eigenvalue weighted by molar-refractivity contribution is 0.546. The van der Waals surface area contributed by atoms with E-state index in [1.165, 1.54) is 22.4 Å². The van der Waals surface area contributed by atoms with Crippen LogP contribution in [0.5, 0.6) is 0 Å². The topological polar surface area (TPSA) is 29.3 Å². The average Bonchev–Trinajstić information content (AvgIpc) is 2.48. The normalized spacial score (nSPS) is 13.8. The molecular formula is C19H26N2. The Morgan fingerprint density at radius 2 is 1.71 bits per heavy atom. The molecule has 2 unspecified atom stereocenters. The largest absolute Gasteiger partial charge is 0.370 e. The highest BCUT2D eigenvalue weighted by Crippen LogP contribution is 2.28. The van der Waals surface area contributed by atoms with Crippen LogP contribution in [0.4, 0.5) is 5.69 Å². The van der Waals surface area contributed by atoms with Crippen molar-refractivity contribution < 1.29 is 0 Å². The number of hydrogen-bond donors (Lipinski definition) is 1. The summed E-state index contributed by atoms with van der Waals surface area (Å²) >= 11 is 0. The first-order valence-electron chi connectivity index (χ1n) is 7.59. The van der Waals surface area contributed by atoms with Crippen molar-refractivity contribution in [3.05, 3.63) is 65.2 Å². The van der Waals surface area contributed by atoms with E-state index < -0.39 is 0 Å². The lowest BCUT2D eigenvalue weighted by atomic mass is 9.91. The summed E-state index contributed by atoms with van der Waals surface area (Å²) in [5.41, 5.74) is 11.3. The van der Waals surface area contributed by atoms with Crippen LogP contribution in [0.1, 0.15) is 29.5 Å². The molecule has 21 heavy (non-hydrogen) atoms. The van der Waals surface area contributed by atoms with Crippen LogP contribution in [0.3, 0.4) is 0 Å². The van der Waals surface area contributed by atoms with E-state index in [4.69, 9.17) is 5.73 Å². The Morgan fingerprint density at radius 1 is 1.05 bits per heavy atom. The molecule has 2 aromatic rings. The van der Waals surface area contributed by atoms with E-state index in [9.17, 15) is 0 Å². The summed E-state index contributed by atoms with van der Waals surface area (Å²) in [7, 11) is 2.15. The van der Waals surface area contributed by atoms with Crippen molar-refractivity contribution in [2.75, 3.05) is 18.5 Å². The molecule has 112 valence electrons. The third kappa shape index (κ3) is 3.45. The molecule has 0 bridgehead atoms. The van der Waals surface area contributed by atoms with Crippen molar-refractivity contribution in [2.45, 2.75) is 32.7 Å². The van der Waals surface area contributed by atoms with Crippen molar-refractivity contribution in [3.8, 4) is 0 Å². The summed E-state index contributed by atoms with van der Waals surface area (Å²) in [5.74, 6) is 0.391. The predicted molar refractivity (Wildman–Crippen MR) is 92.0 cm³/mol. The highest BCUT2D eigenvalue weighted by molar-refractivity contribution is 5.55. The molecule has 0 amide bonds. The summed E-state index contributed by atoms with van der Waals surface area (Å²) in [4.78, 5) is 2.33. The first-order chi connectivity index (χ1) is 10.0. The van der Waals surface area contributed by atoms with Gasteiger partial charge in [0.15, 0.2) is 0 Å². The van der Waals surface area contributed by atoms with Gasteiger partial charge in [0.2, 0.25) is 0 Å². The van der Waals surface area contributed by atoms with Crippen molar-refractivity contribution in [1.82, 2.24) is 0 Å². The quantitative estimate of drug-likeness (QED) is 0.902. The second kappa shape index (κ2) is 6.77. The first-order valence-corrected chi connectivity index (χ1v) is 7.59. The minimum atomic E-state index is 0.286. The molecule has 0 radical (unpaired) electrons. The van der Waals surface area contributed by atoms with Gasteiger partial charge in [-0.25, -0.2) is 0 Å². The maximum Gasteiger partial charge on any atom is 0.0475 e. The number of rotatable bonds is 5. The minimum absolute atomic E-state index is 0.286. The number of nitrogens with two attached hydrogens (primary N) is 1. The maximum absolute atomic E-state index is 6.09. The molecule has 0 saturated carbocycles. The standard InChI is InChI=1S/C19H26N2/c1-14-10-11-18(15(2)12-14)21(4)19(13-20)16(3)17-8-6-5-7-9-17/h5-12,16,19H,13,20H2,1-4H3. The fourth-order valence-corrected chi connectivity index (χ4v) is 3.06. The number of aryl methyl sites for hydroxylation is 2. The summed E-state index contributed by atoms with van der Waals surface area (Å²) < 4.78 is 0. The number of hydrogen-bond acceptors (Lipinski definition) is 2. The Morgan fingerprint density at radius 3 is 2.29 bits per heavy atom. The van der Waals surface area contributed by atoms with Crippen LogP contribution in [0.2, 0.25) is 0 Å². The smallest absolute Gasteiger partial charge is 0.0475 e. The molecule has 2 rings (SSSR count). The molecule has 2 nitrogen and oxygen atoms in total. The first kappa shape index (κ1) is 15.6. The third-order valence-corrected chi connectivity index (χ3v) is 4.37.